The standard InChI is InChI=1S/C22H23ClN4O3/c1-15(16-6-4-5-9-19(16)23)25-10-12-26(13-11-25)20(28)14-27-22(30)18-8-3-2-7-17(18)21(29)24-27/h2-9,15H,10-14H2,1H3,(H,24,29). The van der Waals surface area contributed by atoms with E-state index in [0.29, 0.717) is 37.0 Å². The second kappa shape index (κ2) is 8.45. The molecule has 7 nitrogen and oxygen atoms in total. The number of carbonyl (C=O) groups excluding carboxylic acids is 1. The number of piperazine rings is 1. The lowest BCUT2D eigenvalue weighted by Gasteiger charge is -2.38. The number of nitrogens with one attached hydrogen (secondary N) is 1. The maximum atomic E-state index is 12.8. The summed E-state index contributed by atoms with van der Waals surface area (Å²) in [6, 6.07) is 14.5. The molecule has 1 atom stereocenters. The maximum absolute atomic E-state index is 12.8. The van der Waals surface area contributed by atoms with Gasteiger partial charge in [-0.2, -0.15) is 0 Å². The molecule has 8 heteroatoms. The van der Waals surface area contributed by atoms with Crippen LogP contribution in [0, 0.1) is 0 Å². The van der Waals surface area contributed by atoms with E-state index in [2.05, 4.69) is 16.9 Å². The molecule has 4 rings (SSSR count). The predicted molar refractivity (Wildman–Crippen MR) is 117 cm³/mol. The van der Waals surface area contributed by atoms with E-state index >= 15 is 0 Å². The van der Waals surface area contributed by atoms with Crippen LogP contribution >= 0.6 is 11.6 Å². The van der Waals surface area contributed by atoms with E-state index in [1.807, 2.05) is 24.3 Å². The van der Waals surface area contributed by atoms with E-state index in [-0.39, 0.29) is 29.6 Å². The van der Waals surface area contributed by atoms with E-state index < -0.39 is 0 Å². The topological polar surface area (TPSA) is 78.4 Å². The minimum Gasteiger partial charge on any atom is -0.339 e. The molecule has 1 fully saturated rings. The largest absolute Gasteiger partial charge is 0.339 e. The van der Waals surface area contributed by atoms with Gasteiger partial charge in [0.05, 0.1) is 10.8 Å². The number of hydrogen-bond donors (Lipinski definition) is 1. The lowest BCUT2D eigenvalue weighted by molar-refractivity contribution is -0.134. The fourth-order valence-electron chi connectivity index (χ4n) is 3.96. The second-order valence-electron chi connectivity index (χ2n) is 7.49. The molecular weight excluding hydrogens is 404 g/mol. The highest BCUT2D eigenvalue weighted by molar-refractivity contribution is 6.31. The number of nitrogens with zero attached hydrogens (tertiary/aromatic N) is 3. The van der Waals surface area contributed by atoms with E-state index in [9.17, 15) is 14.4 Å². The molecule has 1 saturated heterocycles. The van der Waals surface area contributed by atoms with Gasteiger partial charge in [0.2, 0.25) is 5.91 Å². The van der Waals surface area contributed by atoms with Crippen LogP contribution in [-0.4, -0.2) is 51.7 Å². The Labute approximate surface area is 178 Å². The average Bonchev–Trinajstić information content (AvgIpc) is 2.77. The minimum atomic E-state index is -0.378. The van der Waals surface area contributed by atoms with Crippen LogP contribution in [0.15, 0.2) is 58.1 Å². The van der Waals surface area contributed by atoms with Crippen LogP contribution in [-0.2, 0) is 11.3 Å². The van der Waals surface area contributed by atoms with Crippen LogP contribution in [0.3, 0.4) is 0 Å². The average molecular weight is 427 g/mol. The molecular formula is C22H23ClN4O3. The second-order valence-corrected chi connectivity index (χ2v) is 7.90. The number of hydrogen-bond acceptors (Lipinski definition) is 4. The Morgan fingerprint density at radius 2 is 1.63 bits per heavy atom. The summed E-state index contributed by atoms with van der Waals surface area (Å²) in [4.78, 5) is 41.7. The molecule has 0 saturated carbocycles. The number of aromatic nitrogens is 2. The number of rotatable bonds is 4. The fraction of sp³-hybridized carbons (Fsp3) is 0.318. The zero-order chi connectivity index (χ0) is 21.3. The lowest BCUT2D eigenvalue weighted by atomic mass is 10.1. The summed E-state index contributed by atoms with van der Waals surface area (Å²) >= 11 is 6.32. The van der Waals surface area contributed by atoms with Gasteiger partial charge in [-0.25, -0.2) is 4.68 Å². The fourth-order valence-corrected chi connectivity index (χ4v) is 4.26. The molecule has 156 valence electrons. The molecule has 1 aromatic heterocycles. The SMILES string of the molecule is CC(c1ccccc1Cl)N1CCN(C(=O)Cn2[nH]c(=O)c3ccccc3c2=O)CC1. The summed E-state index contributed by atoms with van der Waals surface area (Å²) in [5, 5.41) is 3.90. The summed E-state index contributed by atoms with van der Waals surface area (Å²) in [5.74, 6) is -0.187. The quantitative estimate of drug-likeness (QED) is 0.694. The third-order valence-electron chi connectivity index (χ3n) is 5.75. The first-order valence-corrected chi connectivity index (χ1v) is 10.3. The zero-order valence-corrected chi connectivity index (χ0v) is 17.4. The predicted octanol–water partition coefficient (Wildman–Crippen LogP) is 2.25. The van der Waals surface area contributed by atoms with Gasteiger partial charge in [-0.3, -0.25) is 24.4 Å². The van der Waals surface area contributed by atoms with E-state index in [1.54, 1.807) is 29.2 Å². The van der Waals surface area contributed by atoms with Gasteiger partial charge in [-0.05, 0) is 30.7 Å². The number of fused-ring (bicyclic) bond motifs is 1. The van der Waals surface area contributed by atoms with Gasteiger partial charge in [0.1, 0.15) is 6.54 Å². The number of aromatic amines is 1. The van der Waals surface area contributed by atoms with Crippen LogP contribution in [0.4, 0.5) is 0 Å². The van der Waals surface area contributed by atoms with Crippen LogP contribution in [0.5, 0.6) is 0 Å². The number of halogens is 1. The van der Waals surface area contributed by atoms with Crippen molar-refractivity contribution in [3.63, 3.8) is 0 Å². The van der Waals surface area contributed by atoms with Crippen molar-refractivity contribution in [1.82, 2.24) is 19.6 Å². The summed E-state index contributed by atoms with van der Waals surface area (Å²) < 4.78 is 1.10. The number of carbonyl (C=O) groups is 1. The van der Waals surface area contributed by atoms with Gasteiger partial charge < -0.3 is 4.90 Å². The Balaban J connectivity index is 1.44. The van der Waals surface area contributed by atoms with Crippen molar-refractivity contribution in [2.45, 2.75) is 19.5 Å². The van der Waals surface area contributed by atoms with Crippen molar-refractivity contribution in [1.29, 1.82) is 0 Å². The molecule has 1 aliphatic rings. The van der Waals surface area contributed by atoms with Gasteiger partial charge in [-0.15, -0.1) is 0 Å². The molecule has 1 N–H and O–H groups in total. The van der Waals surface area contributed by atoms with Crippen LogP contribution in [0.1, 0.15) is 18.5 Å². The number of benzene rings is 2. The Bertz CT molecular complexity index is 1190. The summed E-state index contributed by atoms with van der Waals surface area (Å²) in [6.45, 7) is 4.46. The van der Waals surface area contributed by atoms with E-state index in [1.165, 1.54) is 0 Å². The van der Waals surface area contributed by atoms with Crippen molar-refractivity contribution in [3.8, 4) is 0 Å². The zero-order valence-electron chi connectivity index (χ0n) is 16.7. The molecule has 1 aliphatic heterocycles. The maximum Gasteiger partial charge on any atom is 0.273 e. The summed E-state index contributed by atoms with van der Waals surface area (Å²) in [5.41, 5.74) is 0.320. The molecule has 1 unspecified atom stereocenters. The first-order chi connectivity index (χ1) is 14.5. The Kier molecular flexibility index (Phi) is 5.74. The Morgan fingerprint density at radius 3 is 2.33 bits per heavy atom. The monoisotopic (exact) mass is 426 g/mol. The molecule has 0 bridgehead atoms. The molecule has 0 aliphatic carbocycles. The van der Waals surface area contributed by atoms with Gasteiger partial charge in [0, 0.05) is 37.2 Å². The Morgan fingerprint density at radius 1 is 1.00 bits per heavy atom. The van der Waals surface area contributed by atoms with Crippen molar-refractivity contribution in [2.75, 3.05) is 26.2 Å². The highest BCUT2D eigenvalue weighted by atomic mass is 35.5. The highest BCUT2D eigenvalue weighted by Crippen LogP contribution is 2.27. The summed E-state index contributed by atoms with van der Waals surface area (Å²) in [7, 11) is 0. The van der Waals surface area contributed by atoms with Gasteiger partial charge in [0.25, 0.3) is 11.1 Å². The van der Waals surface area contributed by atoms with Gasteiger partial charge in [-0.1, -0.05) is 41.9 Å². The number of amides is 1. The molecule has 2 heterocycles. The third kappa shape index (κ3) is 3.91. The third-order valence-corrected chi connectivity index (χ3v) is 6.09. The van der Waals surface area contributed by atoms with Crippen LogP contribution in [0.2, 0.25) is 5.02 Å². The minimum absolute atomic E-state index is 0.149. The van der Waals surface area contributed by atoms with E-state index in [0.717, 1.165) is 15.3 Å². The highest BCUT2D eigenvalue weighted by Gasteiger charge is 2.26. The molecule has 3 aromatic rings. The first-order valence-electron chi connectivity index (χ1n) is 9.94. The molecule has 30 heavy (non-hydrogen) atoms. The van der Waals surface area contributed by atoms with Crippen molar-refractivity contribution in [3.05, 3.63) is 79.8 Å². The molecule has 0 spiro atoms. The lowest BCUT2D eigenvalue weighted by Crippen LogP contribution is -2.50. The Hall–Kier alpha value is -2.90. The van der Waals surface area contributed by atoms with Crippen LogP contribution < -0.4 is 11.1 Å². The molecule has 0 radical (unpaired) electrons. The van der Waals surface area contributed by atoms with Crippen molar-refractivity contribution < 1.29 is 4.79 Å². The van der Waals surface area contributed by atoms with Crippen LogP contribution in [0.25, 0.3) is 10.8 Å². The summed E-state index contributed by atoms with van der Waals surface area (Å²) in [6.07, 6.45) is 0. The van der Waals surface area contributed by atoms with Gasteiger partial charge in [0.15, 0.2) is 0 Å². The molecule has 2 aromatic carbocycles. The van der Waals surface area contributed by atoms with Gasteiger partial charge >= 0.3 is 0 Å². The normalized spacial score (nSPS) is 16.0. The van der Waals surface area contributed by atoms with Crippen molar-refractivity contribution >= 4 is 28.3 Å². The van der Waals surface area contributed by atoms with E-state index in [4.69, 9.17) is 11.6 Å². The smallest absolute Gasteiger partial charge is 0.273 e. The first kappa shape index (κ1) is 20.4. The molecule has 1 amide bonds. The van der Waals surface area contributed by atoms with Crippen molar-refractivity contribution in [2.24, 2.45) is 0 Å². The number of H-pyrrole nitrogens is 1.